The summed E-state index contributed by atoms with van der Waals surface area (Å²) >= 11 is 0. The average molecular weight is 1050 g/mol. The smallest absolute Gasteiger partial charge is 0.315 e. The molecule has 0 radical (unpaired) electrons. The van der Waals surface area contributed by atoms with Crippen LogP contribution in [0.15, 0.2) is 95.9 Å². The fourth-order valence-corrected chi connectivity index (χ4v) is 11.3. The molecule has 406 valence electrons. The number of piperidine rings is 1. The first-order valence-electron chi connectivity index (χ1n) is 26.1. The van der Waals surface area contributed by atoms with Gasteiger partial charge in [-0.2, -0.15) is 4.31 Å². The highest BCUT2D eigenvalue weighted by Crippen LogP contribution is 2.39. The topological polar surface area (TPSA) is 225 Å². The summed E-state index contributed by atoms with van der Waals surface area (Å²) in [5.74, 6) is -0.174. The third kappa shape index (κ3) is 16.4. The van der Waals surface area contributed by atoms with Crippen molar-refractivity contribution in [3.05, 3.63) is 113 Å². The van der Waals surface area contributed by atoms with Gasteiger partial charge in [0.05, 0.1) is 32.1 Å². The second-order valence-corrected chi connectivity index (χ2v) is 22.4. The van der Waals surface area contributed by atoms with Crippen molar-refractivity contribution in [3.63, 3.8) is 0 Å². The number of amides is 4. The molecule has 4 aromatic rings. The molecular weight excluding hydrogens is 977 g/mol. The van der Waals surface area contributed by atoms with Gasteiger partial charge in [0.15, 0.2) is 11.5 Å². The van der Waals surface area contributed by atoms with Crippen molar-refractivity contribution in [2.24, 2.45) is 11.3 Å². The zero-order chi connectivity index (χ0) is 54.1. The summed E-state index contributed by atoms with van der Waals surface area (Å²) < 4.78 is 52.8. The van der Waals surface area contributed by atoms with Gasteiger partial charge in [-0.25, -0.2) is 13.2 Å². The van der Waals surface area contributed by atoms with Crippen molar-refractivity contribution in [3.8, 4) is 17.2 Å². The molecule has 1 fully saturated rings. The van der Waals surface area contributed by atoms with E-state index in [-0.39, 0.29) is 55.8 Å². The molecule has 2 heterocycles. The van der Waals surface area contributed by atoms with Crippen LogP contribution in [0.5, 0.6) is 17.2 Å². The zero-order valence-corrected chi connectivity index (χ0v) is 45.2. The predicted octanol–water partition coefficient (Wildman–Crippen LogP) is 7.35. The molecule has 2 aliphatic heterocycles. The Labute approximate surface area is 442 Å². The van der Waals surface area contributed by atoms with Crippen LogP contribution in [0.4, 0.5) is 10.5 Å². The van der Waals surface area contributed by atoms with Crippen LogP contribution in [0.3, 0.4) is 0 Å². The van der Waals surface area contributed by atoms with Gasteiger partial charge in [0.2, 0.25) is 21.7 Å². The molecule has 6 rings (SSSR count). The molecule has 0 saturated carbocycles. The van der Waals surface area contributed by atoms with Crippen LogP contribution in [-0.2, 0) is 53.2 Å². The lowest BCUT2D eigenvalue weighted by molar-refractivity contribution is -0.156. The van der Waals surface area contributed by atoms with Crippen molar-refractivity contribution in [1.29, 1.82) is 0 Å². The average Bonchev–Trinajstić information content (AvgIpc) is 3.39. The quantitative estimate of drug-likeness (QED) is 0.0295. The SMILES string of the molecule is COc1ccc2c(c1OC)CCC(C)(C)C(=O)C(=O)N1CCCCC1CC(=O)OC(c1cccc(OCCNC(=O)CCNC(=O)NC(CCN(CC(C)C)S(=O)(=O)c3ccc(N)cc3)Cc3ccccc3)c1)CC2. The Kier molecular flexibility index (Phi) is 20.9. The number of nitrogens with two attached hydrogens (primary N) is 1. The molecule has 0 aromatic heterocycles. The minimum absolute atomic E-state index is 0.00390. The van der Waals surface area contributed by atoms with Crippen LogP contribution in [0, 0.1) is 11.3 Å². The molecule has 4 amide bonds. The number of rotatable bonds is 20. The molecule has 75 heavy (non-hydrogen) atoms. The number of carbonyl (C=O) groups excluding carboxylic acids is 5. The maximum atomic E-state index is 13.9. The Bertz CT molecular complexity index is 2680. The van der Waals surface area contributed by atoms with E-state index in [1.165, 1.54) is 16.4 Å². The van der Waals surface area contributed by atoms with Crippen LogP contribution in [0.25, 0.3) is 0 Å². The highest BCUT2D eigenvalue weighted by molar-refractivity contribution is 7.89. The third-order valence-corrected chi connectivity index (χ3v) is 15.7. The van der Waals surface area contributed by atoms with Crippen LogP contribution in [0.2, 0.25) is 0 Å². The summed E-state index contributed by atoms with van der Waals surface area (Å²) in [6, 6.07) is 25.5. The number of nitrogens with one attached hydrogen (secondary N) is 3. The Hall–Kier alpha value is -6.66. The van der Waals surface area contributed by atoms with Crippen LogP contribution >= 0.6 is 0 Å². The van der Waals surface area contributed by atoms with Gasteiger partial charge >= 0.3 is 12.0 Å². The number of urea groups is 1. The first-order chi connectivity index (χ1) is 35.9. The highest BCUT2D eigenvalue weighted by atomic mass is 32.2. The largest absolute Gasteiger partial charge is 0.493 e. The van der Waals surface area contributed by atoms with Crippen molar-refractivity contribution >= 4 is 45.3 Å². The zero-order valence-electron chi connectivity index (χ0n) is 44.4. The first kappa shape index (κ1) is 57.6. The van der Waals surface area contributed by atoms with Crippen LogP contribution in [-0.4, -0.2) is 113 Å². The summed E-state index contributed by atoms with van der Waals surface area (Å²) in [6.07, 6.45) is 3.98. The second-order valence-electron chi connectivity index (χ2n) is 20.4. The Balaban J connectivity index is 1.05. The summed E-state index contributed by atoms with van der Waals surface area (Å²) in [5, 5.41) is 8.61. The van der Waals surface area contributed by atoms with Crippen molar-refractivity contribution in [2.75, 3.05) is 59.3 Å². The lowest BCUT2D eigenvalue weighted by Gasteiger charge is -2.36. The second kappa shape index (κ2) is 27.2. The fraction of sp³-hybridized carbons (Fsp3) is 0.491. The van der Waals surface area contributed by atoms with Crippen molar-refractivity contribution in [1.82, 2.24) is 25.2 Å². The number of nitrogen functional groups attached to an aromatic ring is 1. The van der Waals surface area contributed by atoms with Gasteiger partial charge in [0, 0.05) is 61.3 Å². The van der Waals surface area contributed by atoms with E-state index in [4.69, 9.17) is 24.7 Å². The number of nitrogens with zero attached hydrogens (tertiary/aromatic N) is 2. The summed E-state index contributed by atoms with van der Waals surface area (Å²) in [4.78, 5) is 69.4. The number of benzene rings is 4. The molecule has 0 spiro atoms. The molecule has 3 atom stereocenters. The van der Waals surface area contributed by atoms with E-state index in [2.05, 4.69) is 16.0 Å². The van der Waals surface area contributed by atoms with Crippen LogP contribution < -0.4 is 35.9 Å². The van der Waals surface area contributed by atoms with Crippen molar-refractivity contribution in [2.45, 2.75) is 121 Å². The number of aryl methyl sites for hydroxylation is 1. The van der Waals surface area contributed by atoms with Crippen LogP contribution in [0.1, 0.15) is 107 Å². The Morgan fingerprint density at radius 3 is 2.37 bits per heavy atom. The van der Waals surface area contributed by atoms with Gasteiger partial charge in [-0.05, 0) is 123 Å². The van der Waals surface area contributed by atoms with E-state index in [0.717, 1.165) is 29.5 Å². The van der Waals surface area contributed by atoms with Gasteiger partial charge < -0.3 is 45.5 Å². The first-order valence-corrected chi connectivity index (χ1v) is 27.5. The van der Waals surface area contributed by atoms with Crippen molar-refractivity contribution < 1.29 is 51.3 Å². The Morgan fingerprint density at radius 1 is 0.893 bits per heavy atom. The number of carbonyl (C=O) groups is 5. The maximum Gasteiger partial charge on any atom is 0.315 e. The molecule has 17 nitrogen and oxygen atoms in total. The molecule has 18 heteroatoms. The number of esters is 1. The number of methoxy groups -OCH3 is 2. The standard InChI is InChI=1S/C57H76N6O11S/c1-39(2)38-62(75(69,70)47-22-20-43(58)21-23-47)33-28-44(35-40-13-8-7-9-14-40)61-56(68)60-30-27-51(64)59-31-34-73-46-17-12-15-42(36-46)49-24-18-41-19-25-50(71-5)53(72-6)48(41)26-29-57(3,4)54(66)55(67)63-32-11-10-16-45(63)37-52(65)74-49/h7-9,12-15,17,19-23,25,36,39,44-45,49H,10-11,16,18,24,26-35,37-38,58H2,1-6H3,(H,59,64)(H2,60,61,68). The summed E-state index contributed by atoms with van der Waals surface area (Å²) in [5.41, 5.74) is 8.79. The molecule has 1 saturated heterocycles. The number of anilines is 1. The minimum atomic E-state index is -3.84. The maximum absolute atomic E-state index is 13.9. The normalized spacial score (nSPS) is 17.9. The molecule has 0 aliphatic carbocycles. The molecule has 3 unspecified atom stereocenters. The van der Waals surface area contributed by atoms with E-state index in [1.54, 1.807) is 51.2 Å². The van der Waals surface area contributed by atoms with Gasteiger partial charge in [-0.1, -0.05) is 76.2 Å². The van der Waals surface area contributed by atoms with Gasteiger partial charge in [0.25, 0.3) is 5.91 Å². The molecule has 0 bridgehead atoms. The minimum Gasteiger partial charge on any atom is -0.493 e. The number of sulfonamides is 1. The fourth-order valence-electron chi connectivity index (χ4n) is 9.68. The Morgan fingerprint density at radius 2 is 1.65 bits per heavy atom. The third-order valence-electron chi connectivity index (χ3n) is 13.8. The number of ether oxygens (including phenoxy) is 4. The molecule has 4 aromatic carbocycles. The number of ketones is 1. The predicted molar refractivity (Wildman–Crippen MR) is 287 cm³/mol. The number of hydrogen-bond acceptors (Lipinski definition) is 12. The monoisotopic (exact) mass is 1050 g/mol. The number of hydrogen-bond donors (Lipinski definition) is 4. The van der Waals surface area contributed by atoms with Gasteiger partial charge in [-0.3, -0.25) is 19.2 Å². The number of fused-ring (bicyclic) bond motifs is 2. The van der Waals surface area contributed by atoms with E-state index < -0.39 is 57.3 Å². The highest BCUT2D eigenvalue weighted by Gasteiger charge is 2.40. The number of Topliss-reactive ketones (excluding diaryl/α,β-unsaturated/α-hetero) is 1. The summed E-state index contributed by atoms with van der Waals surface area (Å²) in [6.45, 7) is 8.71. The lowest BCUT2D eigenvalue weighted by Crippen LogP contribution is -2.50. The van der Waals surface area contributed by atoms with E-state index in [9.17, 15) is 32.4 Å². The summed E-state index contributed by atoms with van der Waals surface area (Å²) in [7, 11) is -0.701. The molecule has 2 aliphatic rings. The van der Waals surface area contributed by atoms with E-state index in [0.29, 0.717) is 86.5 Å². The van der Waals surface area contributed by atoms with Gasteiger partial charge in [-0.15, -0.1) is 0 Å². The number of cyclic esters (lactones) is 1. The molecule has 5 N–H and O–H groups in total. The lowest BCUT2D eigenvalue weighted by atomic mass is 9.80. The van der Waals surface area contributed by atoms with E-state index >= 15 is 0 Å². The molecular formula is C57H76N6O11S. The van der Waals surface area contributed by atoms with E-state index in [1.807, 2.05) is 74.5 Å². The van der Waals surface area contributed by atoms with Gasteiger partial charge in [0.1, 0.15) is 18.5 Å².